The Morgan fingerprint density at radius 3 is 2.95 bits per heavy atom. The molecule has 1 aromatic carbocycles. The van der Waals surface area contributed by atoms with E-state index in [0.717, 1.165) is 38.7 Å². The summed E-state index contributed by atoms with van der Waals surface area (Å²) in [4.78, 5) is 12.6. The van der Waals surface area contributed by atoms with Gasteiger partial charge in [-0.15, -0.1) is 0 Å². The summed E-state index contributed by atoms with van der Waals surface area (Å²) in [6.07, 6.45) is 1.03. The minimum Gasteiger partial charge on any atom is -0.366 e. The van der Waals surface area contributed by atoms with Gasteiger partial charge in [0, 0.05) is 13.1 Å². The summed E-state index contributed by atoms with van der Waals surface area (Å²) in [6, 6.07) is 3.83. The fraction of sp³-hybridized carbons (Fsp3) is 0.538. The number of rotatable bonds is 2. The lowest BCUT2D eigenvalue weighted by Gasteiger charge is -2.35. The minimum absolute atomic E-state index is 0.135. The van der Waals surface area contributed by atoms with Crippen molar-refractivity contribution in [2.24, 2.45) is 11.8 Å². The molecule has 2 aliphatic rings. The predicted octanol–water partition coefficient (Wildman–Crippen LogP) is 1.78. The molecule has 0 radical (unpaired) electrons. The minimum atomic E-state index is -0.562. The molecule has 0 amide bonds. The molecule has 2 heterocycles. The van der Waals surface area contributed by atoms with E-state index in [0.29, 0.717) is 17.5 Å². The Morgan fingerprint density at radius 2 is 2.16 bits per heavy atom. The fourth-order valence-electron chi connectivity index (χ4n) is 3.16. The Balaban J connectivity index is 1.87. The highest BCUT2D eigenvalue weighted by Crippen LogP contribution is 2.34. The van der Waals surface area contributed by atoms with Crippen LogP contribution in [0.2, 0.25) is 0 Å². The summed E-state index contributed by atoms with van der Waals surface area (Å²) in [5.41, 5.74) is 0.404. The number of nitrogens with one attached hydrogen (secondary N) is 1. The van der Waals surface area contributed by atoms with Crippen LogP contribution < -0.4 is 10.2 Å². The number of hydrogen-bond acceptors (Lipinski definition) is 4. The van der Waals surface area contributed by atoms with Crippen LogP contribution in [0.15, 0.2) is 18.2 Å². The molecule has 2 saturated heterocycles. The fourth-order valence-corrected chi connectivity index (χ4v) is 3.16. The van der Waals surface area contributed by atoms with E-state index >= 15 is 0 Å². The molecular formula is C13H16FN3O2. The number of hydrogen-bond donors (Lipinski definition) is 1. The van der Waals surface area contributed by atoms with Crippen LogP contribution in [0, 0.1) is 27.8 Å². The van der Waals surface area contributed by atoms with Crippen molar-refractivity contribution in [1.82, 2.24) is 5.32 Å². The average molecular weight is 265 g/mol. The Labute approximate surface area is 110 Å². The first kappa shape index (κ1) is 12.3. The van der Waals surface area contributed by atoms with Crippen molar-refractivity contribution in [3.05, 3.63) is 34.1 Å². The summed E-state index contributed by atoms with van der Waals surface area (Å²) in [7, 11) is 0. The quantitative estimate of drug-likeness (QED) is 0.654. The predicted molar refractivity (Wildman–Crippen MR) is 69.7 cm³/mol. The number of fused-ring (bicyclic) bond motifs is 1. The van der Waals surface area contributed by atoms with Gasteiger partial charge < -0.3 is 10.2 Å². The third-order valence-electron chi connectivity index (χ3n) is 4.18. The summed E-state index contributed by atoms with van der Waals surface area (Å²) in [5, 5.41) is 14.4. The lowest BCUT2D eigenvalue weighted by molar-refractivity contribution is -0.384. The van der Waals surface area contributed by atoms with Crippen LogP contribution in [0.25, 0.3) is 0 Å². The van der Waals surface area contributed by atoms with Gasteiger partial charge in [0.15, 0.2) is 0 Å². The molecule has 0 saturated carbocycles. The third-order valence-corrected chi connectivity index (χ3v) is 4.18. The number of benzene rings is 1. The number of nitrogens with zero attached hydrogens (tertiary/aromatic N) is 2. The molecule has 3 rings (SSSR count). The first-order valence-electron chi connectivity index (χ1n) is 6.55. The first-order valence-corrected chi connectivity index (χ1v) is 6.55. The van der Waals surface area contributed by atoms with Crippen LogP contribution in [-0.4, -0.2) is 31.1 Å². The number of halogens is 1. The van der Waals surface area contributed by atoms with E-state index in [1.165, 1.54) is 12.1 Å². The highest BCUT2D eigenvalue weighted by atomic mass is 19.1. The zero-order valence-corrected chi connectivity index (χ0v) is 10.5. The maximum atomic E-state index is 13.2. The van der Waals surface area contributed by atoms with Crippen LogP contribution in [0.4, 0.5) is 15.8 Å². The van der Waals surface area contributed by atoms with E-state index in [4.69, 9.17) is 0 Å². The van der Waals surface area contributed by atoms with Gasteiger partial charge in [0.25, 0.3) is 5.69 Å². The van der Waals surface area contributed by atoms with E-state index in [9.17, 15) is 14.5 Å². The van der Waals surface area contributed by atoms with Gasteiger partial charge in [-0.2, -0.15) is 0 Å². The molecule has 5 nitrogen and oxygen atoms in total. The summed E-state index contributed by atoms with van der Waals surface area (Å²) >= 11 is 0. The molecule has 2 fully saturated rings. The highest BCUT2D eigenvalue weighted by Gasteiger charge is 2.34. The standard InChI is InChI=1S/C13H16FN3O2/c14-11-1-2-12(13(5-11)17(18)19)16-4-3-9-6-15-7-10(9)8-16/h1-2,5,9-10,15H,3-4,6-8H2. The van der Waals surface area contributed by atoms with Crippen LogP contribution in [0.1, 0.15) is 6.42 Å². The van der Waals surface area contributed by atoms with Crippen LogP contribution >= 0.6 is 0 Å². The monoisotopic (exact) mass is 265 g/mol. The van der Waals surface area contributed by atoms with E-state index in [1.54, 1.807) is 0 Å². The number of nitro benzene ring substituents is 1. The van der Waals surface area contributed by atoms with Crippen molar-refractivity contribution in [2.45, 2.75) is 6.42 Å². The van der Waals surface area contributed by atoms with Crippen LogP contribution in [0.3, 0.4) is 0 Å². The van der Waals surface area contributed by atoms with Gasteiger partial charge in [0.2, 0.25) is 0 Å². The summed E-state index contributed by atoms with van der Waals surface area (Å²) < 4.78 is 13.2. The maximum absolute atomic E-state index is 13.2. The Kier molecular flexibility index (Phi) is 3.10. The van der Waals surface area contributed by atoms with Crippen LogP contribution in [0.5, 0.6) is 0 Å². The topological polar surface area (TPSA) is 58.4 Å². The molecule has 2 aliphatic heterocycles. The normalized spacial score (nSPS) is 26.3. The van der Waals surface area contributed by atoms with E-state index in [1.807, 2.05) is 4.90 Å². The van der Waals surface area contributed by atoms with Crippen molar-refractivity contribution >= 4 is 11.4 Å². The van der Waals surface area contributed by atoms with Gasteiger partial charge in [-0.05, 0) is 43.5 Å². The SMILES string of the molecule is O=[N+]([O-])c1cc(F)ccc1N1CCC2CNCC2C1. The molecular weight excluding hydrogens is 249 g/mol. The van der Waals surface area contributed by atoms with E-state index in [-0.39, 0.29) is 5.69 Å². The van der Waals surface area contributed by atoms with Gasteiger partial charge >= 0.3 is 0 Å². The zero-order valence-electron chi connectivity index (χ0n) is 10.5. The van der Waals surface area contributed by atoms with Gasteiger partial charge in [-0.1, -0.05) is 0 Å². The van der Waals surface area contributed by atoms with Crippen LogP contribution in [-0.2, 0) is 0 Å². The number of piperidine rings is 1. The molecule has 0 spiro atoms. The average Bonchev–Trinajstić information content (AvgIpc) is 2.85. The Hall–Kier alpha value is -1.69. The van der Waals surface area contributed by atoms with Crippen molar-refractivity contribution in [2.75, 3.05) is 31.1 Å². The second-order valence-corrected chi connectivity index (χ2v) is 5.30. The van der Waals surface area contributed by atoms with Crippen molar-refractivity contribution in [3.63, 3.8) is 0 Å². The molecule has 1 aromatic rings. The number of nitro groups is 1. The second kappa shape index (κ2) is 4.77. The van der Waals surface area contributed by atoms with Crippen molar-refractivity contribution in [1.29, 1.82) is 0 Å². The molecule has 102 valence electrons. The molecule has 0 bridgehead atoms. The molecule has 6 heteroatoms. The summed E-state index contributed by atoms with van der Waals surface area (Å²) in [5.74, 6) is 0.655. The molecule has 2 unspecified atom stereocenters. The third kappa shape index (κ3) is 2.28. The summed E-state index contributed by atoms with van der Waals surface area (Å²) in [6.45, 7) is 3.62. The Bertz CT molecular complexity index is 509. The second-order valence-electron chi connectivity index (χ2n) is 5.30. The molecule has 0 aliphatic carbocycles. The maximum Gasteiger partial charge on any atom is 0.295 e. The number of anilines is 1. The van der Waals surface area contributed by atoms with Gasteiger partial charge in [0.1, 0.15) is 11.5 Å². The van der Waals surface area contributed by atoms with Crippen molar-refractivity contribution < 1.29 is 9.31 Å². The first-order chi connectivity index (χ1) is 9.15. The molecule has 0 aromatic heterocycles. The van der Waals surface area contributed by atoms with E-state index < -0.39 is 10.7 Å². The Morgan fingerprint density at radius 1 is 1.37 bits per heavy atom. The smallest absolute Gasteiger partial charge is 0.295 e. The lowest BCUT2D eigenvalue weighted by atomic mass is 9.88. The highest BCUT2D eigenvalue weighted by molar-refractivity contribution is 5.63. The lowest BCUT2D eigenvalue weighted by Crippen LogP contribution is -2.40. The molecule has 2 atom stereocenters. The van der Waals surface area contributed by atoms with E-state index in [2.05, 4.69) is 5.32 Å². The van der Waals surface area contributed by atoms with Gasteiger partial charge in [0.05, 0.1) is 11.0 Å². The largest absolute Gasteiger partial charge is 0.366 e. The van der Waals surface area contributed by atoms with Gasteiger partial charge in [-0.3, -0.25) is 10.1 Å². The molecule has 19 heavy (non-hydrogen) atoms. The zero-order chi connectivity index (χ0) is 13.4. The van der Waals surface area contributed by atoms with Crippen molar-refractivity contribution in [3.8, 4) is 0 Å². The van der Waals surface area contributed by atoms with Gasteiger partial charge in [-0.25, -0.2) is 4.39 Å². The molecule has 1 N–H and O–H groups in total.